The van der Waals surface area contributed by atoms with Crippen LogP contribution in [0.3, 0.4) is 0 Å². The van der Waals surface area contributed by atoms with Crippen molar-refractivity contribution in [2.24, 2.45) is 5.73 Å². The van der Waals surface area contributed by atoms with Crippen LogP contribution in [0.1, 0.15) is 32.6 Å². The quantitative estimate of drug-likeness (QED) is 0.893. The van der Waals surface area contributed by atoms with E-state index in [0.29, 0.717) is 5.56 Å². The summed E-state index contributed by atoms with van der Waals surface area (Å²) in [6, 6.07) is 11.8. The number of carbonyl (C=O) groups excluding carboxylic acids is 1. The van der Waals surface area contributed by atoms with E-state index in [0.717, 1.165) is 23.4 Å². The average molecular weight is 268 g/mol. The van der Waals surface area contributed by atoms with Gasteiger partial charge in [0.25, 0.3) is 0 Å². The molecular formula is C17H20N2O. The zero-order valence-corrected chi connectivity index (χ0v) is 12.2. The van der Waals surface area contributed by atoms with Gasteiger partial charge in [-0.1, -0.05) is 18.2 Å². The second-order valence-corrected chi connectivity index (χ2v) is 5.11. The summed E-state index contributed by atoms with van der Waals surface area (Å²) in [5.41, 5.74) is 11.7. The number of benzene rings is 2. The zero-order chi connectivity index (χ0) is 14.7. The molecule has 3 nitrogen and oxygen atoms in total. The lowest BCUT2D eigenvalue weighted by Gasteiger charge is -2.13. The normalized spacial score (nSPS) is 10.3. The Kier molecular flexibility index (Phi) is 4.08. The standard InChI is InChI=1S/C17H20N2O/c1-11-5-4-6-16(13(11)3)19-10-15-8-7-14(17(18)20)9-12(15)2/h4-9,19H,10H2,1-3H3,(H2,18,20). The van der Waals surface area contributed by atoms with Crippen molar-refractivity contribution in [2.45, 2.75) is 27.3 Å². The molecular weight excluding hydrogens is 248 g/mol. The van der Waals surface area contributed by atoms with Gasteiger partial charge in [-0.2, -0.15) is 0 Å². The molecule has 0 atom stereocenters. The molecule has 2 rings (SSSR count). The number of nitrogens with two attached hydrogens (primary N) is 1. The van der Waals surface area contributed by atoms with Crippen LogP contribution in [0.5, 0.6) is 0 Å². The van der Waals surface area contributed by atoms with E-state index in [9.17, 15) is 4.79 Å². The third-order valence-corrected chi connectivity index (χ3v) is 3.70. The number of rotatable bonds is 4. The van der Waals surface area contributed by atoms with E-state index in [1.807, 2.05) is 25.1 Å². The van der Waals surface area contributed by atoms with Crippen LogP contribution in [0.15, 0.2) is 36.4 Å². The van der Waals surface area contributed by atoms with Crippen LogP contribution in [0, 0.1) is 20.8 Å². The van der Waals surface area contributed by atoms with Gasteiger partial charge >= 0.3 is 0 Å². The molecule has 20 heavy (non-hydrogen) atoms. The second-order valence-electron chi connectivity index (χ2n) is 5.11. The van der Waals surface area contributed by atoms with Crippen LogP contribution in [-0.2, 0) is 6.54 Å². The van der Waals surface area contributed by atoms with Gasteiger partial charge in [-0.15, -0.1) is 0 Å². The maximum atomic E-state index is 11.1. The van der Waals surface area contributed by atoms with Gasteiger partial charge in [-0.05, 0) is 61.2 Å². The number of carbonyl (C=O) groups is 1. The molecule has 0 spiro atoms. The first-order chi connectivity index (χ1) is 9.49. The molecule has 0 heterocycles. The maximum absolute atomic E-state index is 11.1. The summed E-state index contributed by atoms with van der Waals surface area (Å²) in [6.45, 7) is 6.94. The molecule has 0 aliphatic rings. The number of nitrogens with one attached hydrogen (secondary N) is 1. The summed E-state index contributed by atoms with van der Waals surface area (Å²) in [6.07, 6.45) is 0. The summed E-state index contributed by atoms with van der Waals surface area (Å²) in [4.78, 5) is 11.1. The summed E-state index contributed by atoms with van der Waals surface area (Å²) in [5, 5.41) is 3.44. The lowest BCUT2D eigenvalue weighted by molar-refractivity contribution is 0.1000. The molecule has 0 saturated heterocycles. The number of amides is 1. The van der Waals surface area contributed by atoms with E-state index < -0.39 is 0 Å². The second kappa shape index (κ2) is 5.78. The fourth-order valence-electron chi connectivity index (χ4n) is 2.18. The molecule has 0 bridgehead atoms. The highest BCUT2D eigenvalue weighted by Gasteiger charge is 2.05. The molecule has 0 radical (unpaired) electrons. The highest BCUT2D eigenvalue weighted by molar-refractivity contribution is 5.93. The van der Waals surface area contributed by atoms with Crippen molar-refractivity contribution in [3.8, 4) is 0 Å². The molecule has 0 aliphatic heterocycles. The third-order valence-electron chi connectivity index (χ3n) is 3.70. The predicted octanol–water partition coefficient (Wildman–Crippen LogP) is 3.32. The third kappa shape index (κ3) is 2.99. The molecule has 2 aromatic rings. The Labute approximate surface area is 119 Å². The molecule has 0 fully saturated rings. The average Bonchev–Trinajstić information content (AvgIpc) is 2.41. The Morgan fingerprint density at radius 1 is 1.10 bits per heavy atom. The molecule has 0 saturated carbocycles. The van der Waals surface area contributed by atoms with Gasteiger partial charge in [-0.3, -0.25) is 4.79 Å². The first kappa shape index (κ1) is 14.1. The van der Waals surface area contributed by atoms with Crippen LogP contribution in [-0.4, -0.2) is 5.91 Å². The topological polar surface area (TPSA) is 55.1 Å². The van der Waals surface area contributed by atoms with E-state index in [1.54, 1.807) is 6.07 Å². The van der Waals surface area contributed by atoms with Crippen molar-refractivity contribution in [2.75, 3.05) is 5.32 Å². The van der Waals surface area contributed by atoms with E-state index in [2.05, 4.69) is 31.3 Å². The van der Waals surface area contributed by atoms with E-state index in [1.165, 1.54) is 11.1 Å². The summed E-state index contributed by atoms with van der Waals surface area (Å²) >= 11 is 0. The lowest BCUT2D eigenvalue weighted by Crippen LogP contribution is -2.12. The summed E-state index contributed by atoms with van der Waals surface area (Å²) in [5.74, 6) is -0.387. The first-order valence-corrected chi connectivity index (χ1v) is 6.68. The highest BCUT2D eigenvalue weighted by atomic mass is 16.1. The fraction of sp³-hybridized carbons (Fsp3) is 0.235. The SMILES string of the molecule is Cc1cc(C(N)=O)ccc1CNc1cccc(C)c1C. The Morgan fingerprint density at radius 2 is 1.85 bits per heavy atom. The minimum atomic E-state index is -0.387. The van der Waals surface area contributed by atoms with Crippen molar-refractivity contribution >= 4 is 11.6 Å². The lowest BCUT2D eigenvalue weighted by atomic mass is 10.0. The van der Waals surface area contributed by atoms with E-state index >= 15 is 0 Å². The van der Waals surface area contributed by atoms with Crippen molar-refractivity contribution in [3.63, 3.8) is 0 Å². The van der Waals surface area contributed by atoms with Crippen molar-refractivity contribution < 1.29 is 4.79 Å². The van der Waals surface area contributed by atoms with Crippen molar-refractivity contribution in [3.05, 3.63) is 64.2 Å². The molecule has 104 valence electrons. The van der Waals surface area contributed by atoms with Gasteiger partial charge in [-0.25, -0.2) is 0 Å². The predicted molar refractivity (Wildman–Crippen MR) is 82.9 cm³/mol. The largest absolute Gasteiger partial charge is 0.381 e. The number of aryl methyl sites for hydroxylation is 2. The van der Waals surface area contributed by atoms with Crippen LogP contribution >= 0.6 is 0 Å². The highest BCUT2D eigenvalue weighted by Crippen LogP contribution is 2.20. The molecule has 0 unspecified atom stereocenters. The van der Waals surface area contributed by atoms with Gasteiger partial charge in [0.1, 0.15) is 0 Å². The minimum absolute atomic E-state index is 0.387. The Balaban J connectivity index is 2.15. The summed E-state index contributed by atoms with van der Waals surface area (Å²) < 4.78 is 0. The number of hydrogen-bond donors (Lipinski definition) is 2. The Bertz CT molecular complexity index is 647. The van der Waals surface area contributed by atoms with Gasteiger partial charge < -0.3 is 11.1 Å². The summed E-state index contributed by atoms with van der Waals surface area (Å²) in [7, 11) is 0. The molecule has 3 N–H and O–H groups in total. The smallest absolute Gasteiger partial charge is 0.248 e. The van der Waals surface area contributed by atoms with Crippen LogP contribution in [0.2, 0.25) is 0 Å². The van der Waals surface area contributed by atoms with Crippen molar-refractivity contribution in [1.29, 1.82) is 0 Å². The maximum Gasteiger partial charge on any atom is 0.248 e. The molecule has 1 amide bonds. The van der Waals surface area contributed by atoms with Crippen LogP contribution < -0.4 is 11.1 Å². The minimum Gasteiger partial charge on any atom is -0.381 e. The van der Waals surface area contributed by atoms with E-state index in [4.69, 9.17) is 5.73 Å². The first-order valence-electron chi connectivity index (χ1n) is 6.68. The zero-order valence-electron chi connectivity index (χ0n) is 12.2. The number of hydrogen-bond acceptors (Lipinski definition) is 2. The molecule has 0 aliphatic carbocycles. The van der Waals surface area contributed by atoms with Gasteiger partial charge in [0.05, 0.1) is 0 Å². The monoisotopic (exact) mass is 268 g/mol. The fourth-order valence-corrected chi connectivity index (χ4v) is 2.18. The van der Waals surface area contributed by atoms with Gasteiger partial charge in [0.15, 0.2) is 0 Å². The Hall–Kier alpha value is -2.29. The molecule has 2 aromatic carbocycles. The Morgan fingerprint density at radius 3 is 2.50 bits per heavy atom. The number of primary amides is 1. The van der Waals surface area contributed by atoms with Crippen molar-refractivity contribution in [1.82, 2.24) is 0 Å². The molecule has 3 heteroatoms. The number of anilines is 1. The van der Waals surface area contributed by atoms with Crippen LogP contribution in [0.25, 0.3) is 0 Å². The van der Waals surface area contributed by atoms with Gasteiger partial charge in [0.2, 0.25) is 5.91 Å². The van der Waals surface area contributed by atoms with E-state index in [-0.39, 0.29) is 5.91 Å². The van der Waals surface area contributed by atoms with Gasteiger partial charge in [0, 0.05) is 17.8 Å². The molecule has 0 aromatic heterocycles. The van der Waals surface area contributed by atoms with Crippen LogP contribution in [0.4, 0.5) is 5.69 Å².